The summed E-state index contributed by atoms with van der Waals surface area (Å²) < 4.78 is 4.94. The van der Waals surface area contributed by atoms with Crippen molar-refractivity contribution in [2.75, 3.05) is 23.8 Å². The van der Waals surface area contributed by atoms with Crippen LogP contribution >= 0.6 is 11.3 Å². The summed E-state index contributed by atoms with van der Waals surface area (Å²) in [7, 11) is 1.57. The van der Waals surface area contributed by atoms with E-state index in [1.54, 1.807) is 24.9 Å². The first-order chi connectivity index (χ1) is 15.3. The van der Waals surface area contributed by atoms with E-state index in [1.807, 2.05) is 48.7 Å². The fourth-order valence-electron chi connectivity index (χ4n) is 3.93. The lowest BCUT2D eigenvalue weighted by molar-refractivity contribution is -0.137. The second-order valence-electron chi connectivity index (χ2n) is 7.94. The molecule has 0 bridgehead atoms. The van der Waals surface area contributed by atoms with E-state index in [-0.39, 0.29) is 30.7 Å². The Morgan fingerprint density at radius 1 is 1.25 bits per heavy atom. The predicted molar refractivity (Wildman–Crippen MR) is 121 cm³/mol. The lowest BCUT2D eigenvalue weighted by Crippen LogP contribution is -2.40. The Morgan fingerprint density at radius 3 is 2.62 bits per heavy atom. The minimum Gasteiger partial charge on any atom is -0.360 e. The highest BCUT2D eigenvalue weighted by Gasteiger charge is 2.46. The van der Waals surface area contributed by atoms with Crippen LogP contribution in [0.2, 0.25) is 0 Å². The van der Waals surface area contributed by atoms with Gasteiger partial charge in [0.2, 0.25) is 17.7 Å². The highest BCUT2D eigenvalue weighted by Crippen LogP contribution is 2.43. The topological polar surface area (TPSA) is 95.8 Å². The van der Waals surface area contributed by atoms with Crippen LogP contribution in [-0.4, -0.2) is 41.4 Å². The fraction of sp³-hybridized carbons (Fsp3) is 0.304. The fourth-order valence-corrected chi connectivity index (χ4v) is 4.82. The van der Waals surface area contributed by atoms with Gasteiger partial charge in [-0.15, -0.1) is 11.3 Å². The summed E-state index contributed by atoms with van der Waals surface area (Å²) in [5.74, 6) is -0.467. The zero-order chi connectivity index (χ0) is 22.8. The number of aromatic nitrogens is 1. The number of thiophene rings is 1. The van der Waals surface area contributed by atoms with Crippen molar-refractivity contribution in [2.45, 2.75) is 26.3 Å². The van der Waals surface area contributed by atoms with Gasteiger partial charge in [0, 0.05) is 30.1 Å². The molecule has 1 aromatic carbocycles. The molecule has 9 heteroatoms. The Kier molecular flexibility index (Phi) is 6.09. The van der Waals surface area contributed by atoms with Gasteiger partial charge in [0.15, 0.2) is 5.82 Å². The van der Waals surface area contributed by atoms with E-state index in [4.69, 9.17) is 4.52 Å². The molecule has 0 radical (unpaired) electrons. The Balaban J connectivity index is 1.54. The zero-order valence-corrected chi connectivity index (χ0v) is 18.9. The molecule has 1 saturated heterocycles. The largest absolute Gasteiger partial charge is 0.360 e. The number of nitrogens with zero attached hydrogens (tertiary/aromatic N) is 3. The van der Waals surface area contributed by atoms with Crippen LogP contribution in [0.5, 0.6) is 0 Å². The highest BCUT2D eigenvalue weighted by atomic mass is 32.1. The molecular formula is C23H24N4O4S. The van der Waals surface area contributed by atoms with Crippen molar-refractivity contribution in [3.8, 4) is 0 Å². The van der Waals surface area contributed by atoms with Crippen LogP contribution in [-0.2, 0) is 14.4 Å². The third-order valence-electron chi connectivity index (χ3n) is 5.44. The van der Waals surface area contributed by atoms with Gasteiger partial charge in [-0.2, -0.15) is 0 Å². The van der Waals surface area contributed by atoms with Crippen LogP contribution in [0.3, 0.4) is 0 Å². The predicted octanol–water partition coefficient (Wildman–Crippen LogP) is 3.54. The number of anilines is 2. The van der Waals surface area contributed by atoms with Gasteiger partial charge in [-0.1, -0.05) is 28.9 Å². The van der Waals surface area contributed by atoms with E-state index >= 15 is 0 Å². The van der Waals surface area contributed by atoms with E-state index in [2.05, 4.69) is 10.5 Å². The second-order valence-corrected chi connectivity index (χ2v) is 8.91. The van der Waals surface area contributed by atoms with Gasteiger partial charge < -0.3 is 19.6 Å². The van der Waals surface area contributed by atoms with Crippen LogP contribution in [0.15, 0.2) is 52.4 Å². The highest BCUT2D eigenvalue weighted by molar-refractivity contribution is 7.10. The molecule has 1 aliphatic heterocycles. The van der Waals surface area contributed by atoms with Crippen molar-refractivity contribution in [3.63, 3.8) is 0 Å². The molecule has 0 unspecified atom stereocenters. The lowest BCUT2D eigenvalue weighted by atomic mass is 9.97. The molecule has 0 aliphatic carbocycles. The minimum absolute atomic E-state index is 0.0870. The number of nitrogens with one attached hydrogen (secondary N) is 1. The van der Waals surface area contributed by atoms with Crippen LogP contribution in [0.4, 0.5) is 11.5 Å². The van der Waals surface area contributed by atoms with E-state index in [1.165, 1.54) is 16.2 Å². The maximum atomic E-state index is 13.4. The van der Waals surface area contributed by atoms with Gasteiger partial charge in [0.25, 0.3) is 0 Å². The molecule has 2 atom stereocenters. The van der Waals surface area contributed by atoms with Crippen LogP contribution in [0, 0.1) is 19.8 Å². The third-order valence-corrected chi connectivity index (χ3v) is 6.38. The van der Waals surface area contributed by atoms with Crippen LogP contribution in [0.1, 0.15) is 28.7 Å². The molecular weight excluding hydrogens is 428 g/mol. The number of benzene rings is 1. The van der Waals surface area contributed by atoms with Gasteiger partial charge in [0.1, 0.15) is 5.76 Å². The van der Waals surface area contributed by atoms with Crippen molar-refractivity contribution in [3.05, 3.63) is 64.0 Å². The molecule has 32 heavy (non-hydrogen) atoms. The summed E-state index contributed by atoms with van der Waals surface area (Å²) in [4.78, 5) is 42.8. The molecule has 0 saturated carbocycles. The van der Waals surface area contributed by atoms with E-state index in [0.29, 0.717) is 11.6 Å². The SMILES string of the molecule is Cc1ccc(N2C(=O)C[C@H](C(=O)N(C)CC(=O)Nc3cc(C)on3)[C@H]2c2cccs2)cc1. The Bertz CT molecular complexity index is 1120. The molecule has 4 rings (SSSR count). The number of hydrogen-bond acceptors (Lipinski definition) is 6. The van der Waals surface area contributed by atoms with E-state index in [0.717, 1.165) is 16.1 Å². The number of carbonyl (C=O) groups is 3. The summed E-state index contributed by atoms with van der Waals surface area (Å²) >= 11 is 1.51. The maximum absolute atomic E-state index is 13.4. The number of carbonyl (C=O) groups excluding carboxylic acids is 3. The zero-order valence-electron chi connectivity index (χ0n) is 18.1. The van der Waals surface area contributed by atoms with E-state index in [9.17, 15) is 14.4 Å². The van der Waals surface area contributed by atoms with Gasteiger partial charge in [0.05, 0.1) is 18.5 Å². The smallest absolute Gasteiger partial charge is 0.245 e. The number of amides is 3. The van der Waals surface area contributed by atoms with Gasteiger partial charge in [-0.25, -0.2) is 0 Å². The molecule has 1 aliphatic rings. The van der Waals surface area contributed by atoms with Crippen molar-refractivity contribution in [2.24, 2.45) is 5.92 Å². The maximum Gasteiger partial charge on any atom is 0.245 e. The summed E-state index contributed by atoms with van der Waals surface area (Å²) in [6.07, 6.45) is 0.0870. The van der Waals surface area contributed by atoms with Crippen LogP contribution < -0.4 is 10.2 Å². The summed E-state index contributed by atoms with van der Waals surface area (Å²) in [5.41, 5.74) is 1.85. The quantitative estimate of drug-likeness (QED) is 0.617. The molecule has 166 valence electrons. The van der Waals surface area contributed by atoms with Crippen LogP contribution in [0.25, 0.3) is 0 Å². The standard InChI is InChI=1S/C23H24N4O4S/c1-14-6-8-16(9-7-14)27-21(29)12-17(22(27)18-5-4-10-32-18)23(30)26(3)13-20(28)24-19-11-15(2)31-25-19/h4-11,17,22H,12-13H2,1-3H3,(H,24,25,28)/t17-,22-/m0/s1. The Morgan fingerprint density at radius 2 is 2.00 bits per heavy atom. The Hall–Kier alpha value is -3.46. The number of likely N-dealkylation sites (N-methyl/N-ethyl adjacent to an activating group) is 1. The van der Waals surface area contributed by atoms with Crippen molar-refractivity contribution < 1.29 is 18.9 Å². The average molecular weight is 453 g/mol. The third kappa shape index (κ3) is 4.43. The molecule has 3 aromatic rings. The molecule has 3 heterocycles. The van der Waals surface area contributed by atoms with Gasteiger partial charge in [-0.05, 0) is 37.4 Å². The molecule has 1 N–H and O–H groups in total. The first-order valence-corrected chi connectivity index (χ1v) is 11.1. The molecule has 0 spiro atoms. The van der Waals surface area contributed by atoms with Gasteiger partial charge in [-0.3, -0.25) is 14.4 Å². The molecule has 2 aromatic heterocycles. The lowest BCUT2D eigenvalue weighted by Gasteiger charge is -2.29. The number of hydrogen-bond donors (Lipinski definition) is 1. The summed E-state index contributed by atoms with van der Waals surface area (Å²) in [6, 6.07) is 12.7. The number of rotatable bonds is 6. The van der Waals surface area contributed by atoms with E-state index < -0.39 is 12.0 Å². The normalized spacial score (nSPS) is 18.1. The van der Waals surface area contributed by atoms with Crippen molar-refractivity contribution >= 4 is 40.6 Å². The molecule has 8 nitrogen and oxygen atoms in total. The van der Waals surface area contributed by atoms with Crippen molar-refractivity contribution in [1.29, 1.82) is 0 Å². The monoisotopic (exact) mass is 452 g/mol. The second kappa shape index (κ2) is 8.96. The first kappa shape index (κ1) is 21.8. The summed E-state index contributed by atoms with van der Waals surface area (Å²) in [5, 5.41) is 8.28. The average Bonchev–Trinajstić information content (AvgIpc) is 3.48. The summed E-state index contributed by atoms with van der Waals surface area (Å²) in [6.45, 7) is 3.55. The number of aryl methyl sites for hydroxylation is 2. The Labute approximate surface area is 189 Å². The molecule has 3 amide bonds. The minimum atomic E-state index is -0.588. The van der Waals surface area contributed by atoms with Gasteiger partial charge >= 0.3 is 0 Å². The van der Waals surface area contributed by atoms with Crippen molar-refractivity contribution in [1.82, 2.24) is 10.1 Å². The first-order valence-electron chi connectivity index (χ1n) is 10.2. The molecule has 1 fully saturated rings.